The first-order valence-corrected chi connectivity index (χ1v) is 7.13. The zero-order valence-corrected chi connectivity index (χ0v) is 11.3. The van der Waals surface area contributed by atoms with Crippen LogP contribution in [0.4, 0.5) is 9.18 Å². The van der Waals surface area contributed by atoms with Gasteiger partial charge >= 0.3 is 6.09 Å². The van der Waals surface area contributed by atoms with E-state index in [-0.39, 0.29) is 18.0 Å². The van der Waals surface area contributed by atoms with Gasteiger partial charge in [-0.15, -0.1) is 0 Å². The number of piperidine rings is 1. The third-order valence-corrected chi connectivity index (χ3v) is 4.11. The normalized spacial score (nSPS) is 23.9. The highest BCUT2D eigenvalue weighted by atomic mass is 19.1. The molecule has 20 heavy (non-hydrogen) atoms. The van der Waals surface area contributed by atoms with Crippen molar-refractivity contribution in [3.8, 4) is 0 Å². The number of amides is 1. The molecule has 2 heterocycles. The lowest BCUT2D eigenvalue weighted by atomic mass is 9.92. The Balaban J connectivity index is 1.60. The summed E-state index contributed by atoms with van der Waals surface area (Å²) in [5.41, 5.74) is 0.925. The van der Waals surface area contributed by atoms with Crippen molar-refractivity contribution in [2.24, 2.45) is 5.92 Å². The molecule has 2 aliphatic heterocycles. The van der Waals surface area contributed by atoms with Gasteiger partial charge in [-0.1, -0.05) is 12.1 Å². The molecule has 4 nitrogen and oxygen atoms in total. The van der Waals surface area contributed by atoms with Crippen LogP contribution in [0.5, 0.6) is 0 Å². The first kappa shape index (κ1) is 13.4. The van der Waals surface area contributed by atoms with E-state index in [1.54, 1.807) is 17.0 Å². The highest BCUT2D eigenvalue weighted by Crippen LogP contribution is 2.26. The molecule has 1 N–H and O–H groups in total. The van der Waals surface area contributed by atoms with Crippen molar-refractivity contribution in [3.63, 3.8) is 0 Å². The highest BCUT2D eigenvalue weighted by molar-refractivity contribution is 5.70. The Morgan fingerprint density at radius 3 is 2.65 bits per heavy atom. The molecule has 0 spiro atoms. The molecular formula is C15H19FN2O2. The van der Waals surface area contributed by atoms with Crippen LogP contribution in [0.3, 0.4) is 0 Å². The van der Waals surface area contributed by atoms with E-state index in [1.165, 1.54) is 12.1 Å². The van der Waals surface area contributed by atoms with Gasteiger partial charge in [-0.2, -0.15) is 0 Å². The molecule has 1 aromatic rings. The predicted molar refractivity (Wildman–Crippen MR) is 72.7 cm³/mol. The van der Waals surface area contributed by atoms with Crippen LogP contribution in [0.2, 0.25) is 0 Å². The number of ether oxygens (including phenoxy) is 1. The number of benzene rings is 1. The van der Waals surface area contributed by atoms with Crippen molar-refractivity contribution in [1.29, 1.82) is 0 Å². The molecule has 5 heteroatoms. The van der Waals surface area contributed by atoms with E-state index in [1.807, 2.05) is 0 Å². The van der Waals surface area contributed by atoms with Crippen LogP contribution in [0.25, 0.3) is 0 Å². The molecule has 0 bridgehead atoms. The van der Waals surface area contributed by atoms with Gasteiger partial charge in [-0.25, -0.2) is 9.18 Å². The van der Waals surface area contributed by atoms with E-state index in [0.29, 0.717) is 19.0 Å². The number of hydrogen-bond donors (Lipinski definition) is 1. The highest BCUT2D eigenvalue weighted by Gasteiger charge is 2.36. The fourth-order valence-electron chi connectivity index (χ4n) is 2.93. The van der Waals surface area contributed by atoms with Crippen molar-refractivity contribution in [1.82, 2.24) is 10.2 Å². The molecule has 1 unspecified atom stereocenters. The molecule has 0 aromatic heterocycles. The first-order valence-electron chi connectivity index (χ1n) is 7.13. The monoisotopic (exact) mass is 278 g/mol. The molecule has 0 aliphatic carbocycles. The Labute approximate surface area is 117 Å². The molecule has 2 saturated heterocycles. The number of cyclic esters (lactones) is 1. The second kappa shape index (κ2) is 5.79. The number of halogens is 1. The maximum Gasteiger partial charge on any atom is 0.410 e. The van der Waals surface area contributed by atoms with Gasteiger partial charge in [0, 0.05) is 12.5 Å². The Morgan fingerprint density at radius 2 is 1.95 bits per heavy atom. The van der Waals surface area contributed by atoms with Crippen molar-refractivity contribution in [2.75, 3.05) is 19.6 Å². The minimum Gasteiger partial charge on any atom is -0.444 e. The zero-order chi connectivity index (χ0) is 13.9. The Morgan fingerprint density at radius 1 is 1.25 bits per heavy atom. The number of carbonyl (C=O) groups excluding carboxylic acids is 1. The topological polar surface area (TPSA) is 41.6 Å². The molecule has 1 amide bonds. The van der Waals surface area contributed by atoms with Gasteiger partial charge in [0.25, 0.3) is 0 Å². The van der Waals surface area contributed by atoms with Crippen LogP contribution in [0.1, 0.15) is 18.4 Å². The smallest absolute Gasteiger partial charge is 0.410 e. The summed E-state index contributed by atoms with van der Waals surface area (Å²) >= 11 is 0. The van der Waals surface area contributed by atoms with E-state index in [4.69, 9.17) is 4.74 Å². The number of hydrogen-bond acceptors (Lipinski definition) is 3. The SMILES string of the molecule is O=C1OC(C2CCNCC2)CN1Cc1ccc(F)cc1. The Bertz CT molecular complexity index is 471. The number of nitrogens with one attached hydrogen (secondary N) is 1. The molecule has 108 valence electrons. The summed E-state index contributed by atoms with van der Waals surface area (Å²) in [6.45, 7) is 3.12. The van der Waals surface area contributed by atoms with Gasteiger partial charge < -0.3 is 15.0 Å². The molecule has 0 radical (unpaired) electrons. The lowest BCUT2D eigenvalue weighted by Crippen LogP contribution is -2.36. The van der Waals surface area contributed by atoms with E-state index >= 15 is 0 Å². The van der Waals surface area contributed by atoms with E-state index in [9.17, 15) is 9.18 Å². The summed E-state index contributed by atoms with van der Waals surface area (Å²) in [7, 11) is 0. The summed E-state index contributed by atoms with van der Waals surface area (Å²) in [5, 5.41) is 3.32. The lowest BCUT2D eigenvalue weighted by Gasteiger charge is -2.26. The van der Waals surface area contributed by atoms with Crippen LogP contribution in [0.15, 0.2) is 24.3 Å². The molecule has 1 aromatic carbocycles. The summed E-state index contributed by atoms with van der Waals surface area (Å²) < 4.78 is 18.4. The average Bonchev–Trinajstić information content (AvgIpc) is 2.84. The van der Waals surface area contributed by atoms with E-state index in [2.05, 4.69) is 5.32 Å². The Hall–Kier alpha value is -1.62. The first-order chi connectivity index (χ1) is 9.72. The van der Waals surface area contributed by atoms with Crippen LogP contribution in [0, 0.1) is 11.7 Å². The molecular weight excluding hydrogens is 259 g/mol. The summed E-state index contributed by atoms with van der Waals surface area (Å²) in [4.78, 5) is 13.6. The van der Waals surface area contributed by atoms with Crippen molar-refractivity contribution in [2.45, 2.75) is 25.5 Å². The van der Waals surface area contributed by atoms with Gasteiger partial charge in [0.2, 0.25) is 0 Å². The minimum atomic E-state index is -0.259. The van der Waals surface area contributed by atoms with E-state index in [0.717, 1.165) is 31.5 Å². The maximum absolute atomic E-state index is 12.9. The van der Waals surface area contributed by atoms with Gasteiger partial charge in [-0.3, -0.25) is 0 Å². The quantitative estimate of drug-likeness (QED) is 0.921. The molecule has 1 atom stereocenters. The van der Waals surface area contributed by atoms with Gasteiger partial charge in [0.1, 0.15) is 11.9 Å². The van der Waals surface area contributed by atoms with Crippen LogP contribution in [-0.4, -0.2) is 36.7 Å². The zero-order valence-electron chi connectivity index (χ0n) is 11.3. The lowest BCUT2D eigenvalue weighted by molar-refractivity contribution is 0.0905. The molecule has 2 aliphatic rings. The van der Waals surface area contributed by atoms with Crippen molar-refractivity contribution in [3.05, 3.63) is 35.6 Å². The minimum absolute atomic E-state index is 0.00467. The number of nitrogens with zero attached hydrogens (tertiary/aromatic N) is 1. The molecule has 0 saturated carbocycles. The summed E-state index contributed by atoms with van der Waals surface area (Å²) in [6, 6.07) is 6.25. The third kappa shape index (κ3) is 2.93. The summed E-state index contributed by atoms with van der Waals surface area (Å²) in [6.07, 6.45) is 1.87. The second-order valence-corrected chi connectivity index (χ2v) is 5.52. The average molecular weight is 278 g/mol. The predicted octanol–water partition coefficient (Wildman–Crippen LogP) is 2.15. The van der Waals surface area contributed by atoms with Crippen LogP contribution < -0.4 is 5.32 Å². The number of carbonyl (C=O) groups is 1. The van der Waals surface area contributed by atoms with Crippen molar-refractivity contribution >= 4 is 6.09 Å². The summed E-state index contributed by atoms with van der Waals surface area (Å²) in [5.74, 6) is 0.198. The fourth-order valence-corrected chi connectivity index (χ4v) is 2.93. The molecule has 2 fully saturated rings. The van der Waals surface area contributed by atoms with Gasteiger partial charge in [0.05, 0.1) is 6.54 Å². The molecule has 3 rings (SSSR count). The van der Waals surface area contributed by atoms with E-state index < -0.39 is 0 Å². The maximum atomic E-state index is 12.9. The number of rotatable bonds is 3. The van der Waals surface area contributed by atoms with Crippen molar-refractivity contribution < 1.29 is 13.9 Å². The standard InChI is InChI=1S/C15H19FN2O2/c16-13-3-1-11(2-4-13)9-18-10-14(20-15(18)19)12-5-7-17-8-6-12/h1-4,12,14,17H,5-10H2. The van der Waals surface area contributed by atoms with Crippen LogP contribution >= 0.6 is 0 Å². The largest absolute Gasteiger partial charge is 0.444 e. The van der Waals surface area contributed by atoms with Crippen LogP contribution in [-0.2, 0) is 11.3 Å². The van der Waals surface area contributed by atoms with Gasteiger partial charge in [-0.05, 0) is 43.6 Å². The fraction of sp³-hybridized carbons (Fsp3) is 0.533. The van der Waals surface area contributed by atoms with Gasteiger partial charge in [0.15, 0.2) is 0 Å². The second-order valence-electron chi connectivity index (χ2n) is 5.52. The Kier molecular flexibility index (Phi) is 3.87. The third-order valence-electron chi connectivity index (χ3n) is 4.11.